The maximum atomic E-state index is 14.8. The second kappa shape index (κ2) is 9.14. The predicted octanol–water partition coefficient (Wildman–Crippen LogP) is 3.54. The van der Waals surface area contributed by atoms with E-state index in [2.05, 4.69) is 20.6 Å². The fraction of sp³-hybridized carbons (Fsp3) is 0.292. The topological polar surface area (TPSA) is 137 Å². The van der Waals surface area contributed by atoms with Crippen molar-refractivity contribution in [2.75, 3.05) is 17.4 Å². The number of benzene rings is 1. The third-order valence-corrected chi connectivity index (χ3v) is 6.09. The van der Waals surface area contributed by atoms with Crippen molar-refractivity contribution in [3.63, 3.8) is 0 Å². The fourth-order valence-corrected chi connectivity index (χ4v) is 4.27. The molecule has 34 heavy (non-hydrogen) atoms. The first-order valence-corrected chi connectivity index (χ1v) is 11.1. The smallest absolute Gasteiger partial charge is 0.252 e. The van der Waals surface area contributed by atoms with Gasteiger partial charge in [-0.2, -0.15) is 0 Å². The summed E-state index contributed by atoms with van der Waals surface area (Å²) in [6.45, 7) is 0.187. The number of nitrogens with one attached hydrogen (secondary N) is 2. The first-order chi connectivity index (χ1) is 16.5. The van der Waals surface area contributed by atoms with Crippen LogP contribution in [0.2, 0.25) is 0 Å². The molecule has 0 bridgehead atoms. The molecular weight excluding hydrogens is 439 g/mol. The molecule has 6 N–H and O–H groups in total. The van der Waals surface area contributed by atoms with Crippen molar-refractivity contribution < 1.29 is 18.7 Å². The average molecular weight is 465 g/mol. The van der Waals surface area contributed by atoms with Crippen molar-refractivity contribution in [1.29, 1.82) is 0 Å². The molecule has 10 heteroatoms. The molecule has 2 unspecified atom stereocenters. The van der Waals surface area contributed by atoms with Crippen LogP contribution in [0.4, 0.5) is 21.7 Å². The number of carbonyl (C=O) groups is 1. The summed E-state index contributed by atoms with van der Waals surface area (Å²) in [4.78, 5) is 20.6. The standard InChI is InChI=1S/C24H25FN6O3/c25-17-9-16(22(27)32)23(31-24(17)30-19-4-2-1-3-18(19)26)29-15-7-14(10-28-11-15)13-5-6-20-21(8-13)34-12-33-20/h5-11,18-19H,1-4,12,26H2,(H2,27,32)(H2,29,30,31). The Morgan fingerprint density at radius 1 is 1.03 bits per heavy atom. The molecule has 3 aromatic rings. The van der Waals surface area contributed by atoms with E-state index in [-0.39, 0.29) is 36.1 Å². The van der Waals surface area contributed by atoms with Crippen molar-refractivity contribution in [3.8, 4) is 22.6 Å². The first kappa shape index (κ1) is 21.9. The molecule has 3 heterocycles. The lowest BCUT2D eigenvalue weighted by Crippen LogP contribution is -2.43. The Morgan fingerprint density at radius 2 is 1.85 bits per heavy atom. The van der Waals surface area contributed by atoms with Gasteiger partial charge in [-0.15, -0.1) is 0 Å². The Hall–Kier alpha value is -3.92. The number of aromatic nitrogens is 2. The number of amides is 1. The third kappa shape index (κ3) is 4.44. The number of pyridine rings is 2. The summed E-state index contributed by atoms with van der Waals surface area (Å²) in [6, 6.07) is 8.33. The molecule has 2 aliphatic rings. The molecule has 1 aromatic carbocycles. The number of carbonyl (C=O) groups excluding carboxylic acids is 1. The van der Waals surface area contributed by atoms with Gasteiger partial charge in [0.15, 0.2) is 23.1 Å². The Balaban J connectivity index is 1.44. The summed E-state index contributed by atoms with van der Waals surface area (Å²) in [5.41, 5.74) is 13.9. The van der Waals surface area contributed by atoms with Gasteiger partial charge in [0.25, 0.3) is 5.91 Å². The second-order valence-corrected chi connectivity index (χ2v) is 8.43. The second-order valence-electron chi connectivity index (χ2n) is 8.43. The summed E-state index contributed by atoms with van der Waals surface area (Å²) in [5.74, 6) is 0.0354. The zero-order valence-electron chi connectivity index (χ0n) is 18.4. The summed E-state index contributed by atoms with van der Waals surface area (Å²) < 4.78 is 25.6. The molecule has 1 fully saturated rings. The number of anilines is 3. The molecule has 176 valence electrons. The Kier molecular flexibility index (Phi) is 5.89. The summed E-state index contributed by atoms with van der Waals surface area (Å²) in [6.07, 6.45) is 7.03. The largest absolute Gasteiger partial charge is 0.454 e. The van der Waals surface area contributed by atoms with Gasteiger partial charge in [-0.25, -0.2) is 9.37 Å². The summed E-state index contributed by atoms with van der Waals surface area (Å²) in [7, 11) is 0. The van der Waals surface area contributed by atoms with Crippen LogP contribution < -0.4 is 31.6 Å². The van der Waals surface area contributed by atoms with Crippen molar-refractivity contribution in [2.45, 2.75) is 37.8 Å². The highest BCUT2D eigenvalue weighted by Gasteiger charge is 2.24. The fourth-order valence-electron chi connectivity index (χ4n) is 4.27. The van der Waals surface area contributed by atoms with Gasteiger partial charge in [-0.3, -0.25) is 9.78 Å². The van der Waals surface area contributed by atoms with Gasteiger partial charge in [-0.05, 0) is 42.7 Å². The molecule has 5 rings (SSSR count). The molecule has 1 aliphatic heterocycles. The van der Waals surface area contributed by atoms with Crippen LogP contribution in [-0.2, 0) is 0 Å². The number of hydrogen-bond acceptors (Lipinski definition) is 8. The van der Waals surface area contributed by atoms with Gasteiger partial charge in [0, 0.05) is 23.8 Å². The normalized spacial score (nSPS) is 19.0. The molecule has 2 atom stereocenters. The van der Waals surface area contributed by atoms with E-state index in [9.17, 15) is 9.18 Å². The molecule has 2 aromatic heterocycles. The molecule has 0 spiro atoms. The number of primary amides is 1. The van der Waals surface area contributed by atoms with Gasteiger partial charge >= 0.3 is 0 Å². The molecule has 9 nitrogen and oxygen atoms in total. The van der Waals surface area contributed by atoms with E-state index in [0.29, 0.717) is 17.2 Å². The number of nitrogens with zero attached hydrogens (tertiary/aromatic N) is 2. The van der Waals surface area contributed by atoms with Crippen LogP contribution in [-0.4, -0.2) is 34.8 Å². The van der Waals surface area contributed by atoms with Gasteiger partial charge in [0.05, 0.1) is 17.4 Å². The minimum atomic E-state index is -0.797. The molecular formula is C24H25FN6O3. The van der Waals surface area contributed by atoms with Crippen LogP contribution in [0.15, 0.2) is 42.7 Å². The minimum Gasteiger partial charge on any atom is -0.454 e. The van der Waals surface area contributed by atoms with Gasteiger partial charge < -0.3 is 31.6 Å². The predicted molar refractivity (Wildman–Crippen MR) is 126 cm³/mol. The van der Waals surface area contributed by atoms with Crippen LogP contribution in [0.25, 0.3) is 11.1 Å². The van der Waals surface area contributed by atoms with E-state index in [1.165, 1.54) is 0 Å². The molecule has 0 saturated heterocycles. The van der Waals surface area contributed by atoms with Crippen LogP contribution >= 0.6 is 0 Å². The monoisotopic (exact) mass is 464 g/mol. The van der Waals surface area contributed by atoms with Gasteiger partial charge in [0.2, 0.25) is 6.79 Å². The van der Waals surface area contributed by atoms with Crippen LogP contribution in [0, 0.1) is 5.82 Å². The minimum absolute atomic E-state index is 0.0229. The zero-order valence-corrected chi connectivity index (χ0v) is 18.4. The number of halogens is 1. The summed E-state index contributed by atoms with van der Waals surface area (Å²) >= 11 is 0. The number of ether oxygens (including phenoxy) is 2. The van der Waals surface area contributed by atoms with Crippen molar-refractivity contribution in [2.24, 2.45) is 11.5 Å². The maximum Gasteiger partial charge on any atom is 0.252 e. The lowest BCUT2D eigenvalue weighted by Gasteiger charge is -2.30. The van der Waals surface area contributed by atoms with E-state index in [4.69, 9.17) is 20.9 Å². The third-order valence-electron chi connectivity index (χ3n) is 6.09. The lowest BCUT2D eigenvalue weighted by atomic mass is 9.91. The number of nitrogens with two attached hydrogens (primary N) is 2. The quantitative estimate of drug-likeness (QED) is 0.435. The SMILES string of the molecule is NC(=O)c1cc(F)c(NC2CCCCC2N)nc1Nc1cncc(-c2ccc3c(c2)OCO3)c1. The number of hydrogen-bond donors (Lipinski definition) is 4. The first-order valence-electron chi connectivity index (χ1n) is 11.1. The van der Waals surface area contributed by atoms with E-state index in [1.807, 2.05) is 24.3 Å². The maximum absolute atomic E-state index is 14.8. The summed E-state index contributed by atoms with van der Waals surface area (Å²) in [5, 5.41) is 6.17. The Bertz CT molecular complexity index is 1240. The van der Waals surface area contributed by atoms with Gasteiger partial charge in [0.1, 0.15) is 5.82 Å². The molecule has 1 aliphatic carbocycles. The molecule has 1 amide bonds. The average Bonchev–Trinajstić information content (AvgIpc) is 3.30. The highest BCUT2D eigenvalue weighted by molar-refractivity contribution is 5.98. The molecule has 0 radical (unpaired) electrons. The number of fused-ring (bicyclic) bond motifs is 1. The van der Waals surface area contributed by atoms with Crippen molar-refractivity contribution >= 4 is 23.2 Å². The van der Waals surface area contributed by atoms with Crippen LogP contribution in [0.3, 0.4) is 0 Å². The Labute approximate surface area is 195 Å². The van der Waals surface area contributed by atoms with Crippen LogP contribution in [0.5, 0.6) is 11.5 Å². The van der Waals surface area contributed by atoms with Crippen LogP contribution in [0.1, 0.15) is 36.0 Å². The van der Waals surface area contributed by atoms with Crippen molar-refractivity contribution in [1.82, 2.24) is 9.97 Å². The Morgan fingerprint density at radius 3 is 2.68 bits per heavy atom. The van der Waals surface area contributed by atoms with Crippen molar-refractivity contribution in [3.05, 3.63) is 54.1 Å². The van der Waals surface area contributed by atoms with E-state index < -0.39 is 11.7 Å². The highest BCUT2D eigenvalue weighted by Crippen LogP contribution is 2.36. The van der Waals surface area contributed by atoms with Gasteiger partial charge in [-0.1, -0.05) is 18.9 Å². The van der Waals surface area contributed by atoms with E-state index in [1.54, 1.807) is 12.4 Å². The zero-order chi connectivity index (χ0) is 23.7. The highest BCUT2D eigenvalue weighted by atomic mass is 19.1. The van der Waals surface area contributed by atoms with E-state index in [0.717, 1.165) is 42.9 Å². The molecule has 1 saturated carbocycles. The number of rotatable bonds is 6. The van der Waals surface area contributed by atoms with E-state index >= 15 is 0 Å². The lowest BCUT2D eigenvalue weighted by molar-refractivity contribution is 0.100.